The smallest absolute Gasteiger partial charge is 0.246 e. The third kappa shape index (κ3) is 3.94. The number of rotatable bonds is 6. The van der Waals surface area contributed by atoms with Crippen LogP contribution in [0.2, 0.25) is 0 Å². The third-order valence-electron chi connectivity index (χ3n) is 4.48. The van der Waals surface area contributed by atoms with Crippen LogP contribution in [0.15, 0.2) is 42.3 Å². The van der Waals surface area contributed by atoms with Crippen LogP contribution in [0.25, 0.3) is 0 Å². The molecule has 0 aliphatic carbocycles. The van der Waals surface area contributed by atoms with Gasteiger partial charge in [0, 0.05) is 18.0 Å². The van der Waals surface area contributed by atoms with E-state index in [4.69, 9.17) is 4.74 Å². The van der Waals surface area contributed by atoms with Crippen molar-refractivity contribution in [3.8, 4) is 0 Å². The molecule has 1 aliphatic rings. The molecule has 0 bridgehead atoms. The molecule has 0 radical (unpaired) electrons. The molecule has 24 heavy (non-hydrogen) atoms. The lowest BCUT2D eigenvalue weighted by Crippen LogP contribution is -2.31. The van der Waals surface area contributed by atoms with Gasteiger partial charge in [0.05, 0.1) is 13.2 Å². The average molecular weight is 341 g/mol. The van der Waals surface area contributed by atoms with Crippen molar-refractivity contribution < 1.29 is 9.53 Å². The van der Waals surface area contributed by atoms with Crippen LogP contribution in [0.4, 0.5) is 0 Å². The van der Waals surface area contributed by atoms with Gasteiger partial charge in [-0.25, -0.2) is 0 Å². The number of amides is 1. The Balaban J connectivity index is 1.71. The van der Waals surface area contributed by atoms with Gasteiger partial charge in [0.15, 0.2) is 0 Å². The zero-order chi connectivity index (χ0) is 16.9. The van der Waals surface area contributed by atoms with E-state index in [0.717, 1.165) is 25.0 Å². The molecule has 3 nitrogen and oxygen atoms in total. The Morgan fingerprint density at radius 1 is 1.38 bits per heavy atom. The fourth-order valence-electron chi connectivity index (χ4n) is 3.03. The highest BCUT2D eigenvalue weighted by atomic mass is 32.1. The highest BCUT2D eigenvalue weighted by Gasteiger charge is 2.15. The van der Waals surface area contributed by atoms with Gasteiger partial charge < -0.3 is 9.64 Å². The molecule has 0 saturated carbocycles. The summed E-state index contributed by atoms with van der Waals surface area (Å²) in [4.78, 5) is 15.5. The molecule has 1 aromatic heterocycles. The Morgan fingerprint density at radius 2 is 2.25 bits per heavy atom. The van der Waals surface area contributed by atoms with Gasteiger partial charge in [-0.2, -0.15) is 0 Å². The van der Waals surface area contributed by atoms with Gasteiger partial charge in [-0.15, -0.1) is 11.3 Å². The minimum atomic E-state index is -0.0156. The summed E-state index contributed by atoms with van der Waals surface area (Å²) < 4.78 is 5.54. The number of carbonyl (C=O) groups excluding carboxylic acids is 1. The summed E-state index contributed by atoms with van der Waals surface area (Å²) in [5, 5.41) is 2.10. The molecule has 1 amide bonds. The van der Waals surface area contributed by atoms with Crippen LogP contribution in [-0.2, 0) is 35.5 Å². The molecular formula is C20H23NO2S. The van der Waals surface area contributed by atoms with Gasteiger partial charge in [0.2, 0.25) is 5.91 Å². The molecule has 0 fully saturated rings. The molecule has 1 aliphatic heterocycles. The predicted molar refractivity (Wildman–Crippen MR) is 98.2 cm³/mol. The SMILES string of the molecule is C=CC(=O)N(CCc1sccc1C)Cc1ccc2c(c1)COCC2. The van der Waals surface area contributed by atoms with E-state index in [-0.39, 0.29) is 5.91 Å². The molecule has 0 atom stereocenters. The topological polar surface area (TPSA) is 29.5 Å². The first-order valence-electron chi connectivity index (χ1n) is 8.30. The maximum atomic E-state index is 12.2. The van der Waals surface area contributed by atoms with Gasteiger partial charge >= 0.3 is 0 Å². The van der Waals surface area contributed by atoms with Crippen molar-refractivity contribution in [1.29, 1.82) is 0 Å². The summed E-state index contributed by atoms with van der Waals surface area (Å²) in [5.41, 5.74) is 5.06. The van der Waals surface area contributed by atoms with Gasteiger partial charge in [-0.3, -0.25) is 4.79 Å². The van der Waals surface area contributed by atoms with E-state index in [1.54, 1.807) is 11.3 Å². The molecule has 1 aromatic carbocycles. The predicted octanol–water partition coefficient (Wildman–Crippen LogP) is 3.89. The van der Waals surface area contributed by atoms with Crippen molar-refractivity contribution in [2.45, 2.75) is 32.9 Å². The highest BCUT2D eigenvalue weighted by Crippen LogP contribution is 2.20. The lowest BCUT2D eigenvalue weighted by atomic mass is 10.00. The van der Waals surface area contributed by atoms with Crippen molar-refractivity contribution in [3.63, 3.8) is 0 Å². The van der Waals surface area contributed by atoms with E-state index in [0.29, 0.717) is 19.7 Å². The van der Waals surface area contributed by atoms with Crippen molar-refractivity contribution in [1.82, 2.24) is 4.90 Å². The Bertz CT molecular complexity index is 735. The summed E-state index contributed by atoms with van der Waals surface area (Å²) in [6.45, 7) is 8.56. The minimum absolute atomic E-state index is 0.0156. The van der Waals surface area contributed by atoms with Crippen LogP contribution >= 0.6 is 11.3 Å². The van der Waals surface area contributed by atoms with Gasteiger partial charge in [0.1, 0.15) is 0 Å². The Hall–Kier alpha value is -1.91. The average Bonchev–Trinajstić information content (AvgIpc) is 3.02. The first kappa shape index (κ1) is 16.9. The summed E-state index contributed by atoms with van der Waals surface area (Å²) in [6.07, 6.45) is 3.27. The van der Waals surface area contributed by atoms with Crippen LogP contribution in [0.5, 0.6) is 0 Å². The fourth-order valence-corrected chi connectivity index (χ4v) is 3.93. The monoisotopic (exact) mass is 341 g/mol. The fraction of sp³-hybridized carbons (Fsp3) is 0.350. The number of benzene rings is 1. The Kier molecular flexibility index (Phi) is 5.48. The molecule has 0 saturated heterocycles. The largest absolute Gasteiger partial charge is 0.376 e. The standard InChI is InChI=1S/C20H23NO2S/c1-3-20(22)21(9-6-19-15(2)8-11-24-19)13-16-4-5-17-7-10-23-14-18(17)12-16/h3-5,8,11-12H,1,6-7,9-10,13-14H2,2H3. The second-order valence-electron chi connectivity index (χ2n) is 6.15. The molecule has 126 valence electrons. The second kappa shape index (κ2) is 7.77. The van der Waals surface area contributed by atoms with E-state index in [2.05, 4.69) is 43.1 Å². The van der Waals surface area contributed by atoms with Gasteiger partial charge in [0.25, 0.3) is 0 Å². The molecule has 0 unspecified atom stereocenters. The number of thiophene rings is 1. The molecule has 3 rings (SSSR count). The molecular weight excluding hydrogens is 318 g/mol. The maximum absolute atomic E-state index is 12.2. The molecule has 2 aromatic rings. The lowest BCUT2D eigenvalue weighted by Gasteiger charge is -2.23. The van der Waals surface area contributed by atoms with E-state index >= 15 is 0 Å². The van der Waals surface area contributed by atoms with Crippen molar-refractivity contribution in [2.24, 2.45) is 0 Å². The number of fused-ring (bicyclic) bond motifs is 1. The summed E-state index contributed by atoms with van der Waals surface area (Å²) >= 11 is 1.76. The van der Waals surface area contributed by atoms with E-state index < -0.39 is 0 Å². The van der Waals surface area contributed by atoms with Gasteiger partial charge in [-0.05, 0) is 59.5 Å². The normalized spacial score (nSPS) is 13.4. The second-order valence-corrected chi connectivity index (χ2v) is 7.15. The number of hydrogen-bond donors (Lipinski definition) is 0. The van der Waals surface area contributed by atoms with Crippen molar-refractivity contribution >= 4 is 17.2 Å². The summed E-state index contributed by atoms with van der Waals surface area (Å²) in [5.74, 6) is -0.0156. The zero-order valence-corrected chi connectivity index (χ0v) is 14.9. The number of aryl methyl sites for hydroxylation is 1. The number of carbonyl (C=O) groups is 1. The minimum Gasteiger partial charge on any atom is -0.376 e. The lowest BCUT2D eigenvalue weighted by molar-refractivity contribution is -0.126. The van der Waals surface area contributed by atoms with Crippen LogP contribution in [0.3, 0.4) is 0 Å². The van der Waals surface area contributed by atoms with Crippen LogP contribution in [0, 0.1) is 6.92 Å². The molecule has 0 spiro atoms. The first-order valence-corrected chi connectivity index (χ1v) is 9.18. The Morgan fingerprint density at radius 3 is 3.00 bits per heavy atom. The quantitative estimate of drug-likeness (QED) is 0.746. The van der Waals surface area contributed by atoms with Crippen LogP contribution in [0.1, 0.15) is 27.1 Å². The number of hydrogen-bond acceptors (Lipinski definition) is 3. The van der Waals surface area contributed by atoms with E-state index in [1.807, 2.05) is 4.90 Å². The Labute approximate surface area is 147 Å². The zero-order valence-electron chi connectivity index (χ0n) is 14.1. The van der Waals surface area contributed by atoms with Crippen molar-refractivity contribution in [3.05, 3.63) is 69.4 Å². The van der Waals surface area contributed by atoms with E-state index in [1.165, 1.54) is 27.6 Å². The molecule has 4 heteroatoms. The maximum Gasteiger partial charge on any atom is 0.246 e. The van der Waals surface area contributed by atoms with E-state index in [9.17, 15) is 4.79 Å². The van der Waals surface area contributed by atoms with Crippen molar-refractivity contribution in [2.75, 3.05) is 13.2 Å². The highest BCUT2D eigenvalue weighted by molar-refractivity contribution is 7.10. The third-order valence-corrected chi connectivity index (χ3v) is 5.56. The number of nitrogens with zero attached hydrogens (tertiary/aromatic N) is 1. The number of ether oxygens (including phenoxy) is 1. The van der Waals surface area contributed by atoms with Gasteiger partial charge in [-0.1, -0.05) is 24.8 Å². The summed E-state index contributed by atoms with van der Waals surface area (Å²) in [6, 6.07) is 8.61. The molecule has 2 heterocycles. The molecule has 0 N–H and O–H groups in total. The van der Waals surface area contributed by atoms with Crippen LogP contribution in [-0.4, -0.2) is 24.0 Å². The first-order chi connectivity index (χ1) is 11.7. The summed E-state index contributed by atoms with van der Waals surface area (Å²) in [7, 11) is 0. The van der Waals surface area contributed by atoms with Crippen LogP contribution < -0.4 is 0 Å².